The molecule has 0 spiro atoms. The lowest BCUT2D eigenvalue weighted by molar-refractivity contribution is -0.137. The van der Waals surface area contributed by atoms with Crippen molar-refractivity contribution < 1.29 is 36.9 Å². The summed E-state index contributed by atoms with van der Waals surface area (Å²) in [6, 6.07) is 6.65. The molecule has 0 radical (unpaired) electrons. The molecule has 0 saturated carbocycles. The van der Waals surface area contributed by atoms with Crippen LogP contribution in [0.4, 0.5) is 18.0 Å². The molecule has 4 rings (SSSR count). The van der Waals surface area contributed by atoms with Crippen molar-refractivity contribution in [2.75, 3.05) is 33.6 Å². The molecular weight excluding hydrogens is 505 g/mol. The number of ether oxygens (including phenoxy) is 4. The van der Waals surface area contributed by atoms with Gasteiger partial charge in [0.15, 0.2) is 6.79 Å². The summed E-state index contributed by atoms with van der Waals surface area (Å²) in [6.07, 6.45) is -3.41. The molecule has 2 aromatic heterocycles. The lowest BCUT2D eigenvalue weighted by Gasteiger charge is -2.34. The first-order valence-corrected chi connectivity index (χ1v) is 12.0. The molecule has 9 nitrogen and oxygen atoms in total. The molecule has 38 heavy (non-hydrogen) atoms. The fourth-order valence-corrected chi connectivity index (χ4v) is 4.06. The Balaban J connectivity index is 1.65. The van der Waals surface area contributed by atoms with Crippen molar-refractivity contribution in [3.05, 3.63) is 47.8 Å². The fourth-order valence-electron chi connectivity index (χ4n) is 4.06. The smallest absolute Gasteiger partial charge is 0.416 e. The molecule has 0 aliphatic carbocycles. The third-order valence-corrected chi connectivity index (χ3v) is 5.71. The molecule has 1 saturated heterocycles. The van der Waals surface area contributed by atoms with E-state index < -0.39 is 23.4 Å². The van der Waals surface area contributed by atoms with Gasteiger partial charge in [0.05, 0.1) is 36.0 Å². The average Bonchev–Trinajstić information content (AvgIpc) is 2.86. The van der Waals surface area contributed by atoms with E-state index in [1.807, 2.05) is 0 Å². The number of pyridine rings is 1. The number of alkyl halides is 3. The Morgan fingerprint density at radius 2 is 1.97 bits per heavy atom. The van der Waals surface area contributed by atoms with Crippen molar-refractivity contribution in [3.8, 4) is 17.0 Å². The first-order valence-electron chi connectivity index (χ1n) is 12.0. The summed E-state index contributed by atoms with van der Waals surface area (Å²) in [5, 5.41) is 9.30. The molecule has 1 fully saturated rings. The predicted molar refractivity (Wildman–Crippen MR) is 132 cm³/mol. The lowest BCUT2D eigenvalue weighted by atomic mass is 10.0. The number of fused-ring (bicyclic) bond motifs is 1. The van der Waals surface area contributed by atoms with Crippen molar-refractivity contribution in [3.63, 3.8) is 0 Å². The van der Waals surface area contributed by atoms with Crippen LogP contribution in [0.2, 0.25) is 0 Å². The number of rotatable bonds is 6. The van der Waals surface area contributed by atoms with E-state index in [-0.39, 0.29) is 18.6 Å². The quantitative estimate of drug-likeness (QED) is 0.414. The number of nitrogens with zero attached hydrogens (tertiary/aromatic N) is 4. The molecule has 12 heteroatoms. The van der Waals surface area contributed by atoms with Crippen molar-refractivity contribution in [2.45, 2.75) is 45.1 Å². The first kappa shape index (κ1) is 27.5. The molecule has 3 heterocycles. The highest BCUT2D eigenvalue weighted by atomic mass is 19.4. The second-order valence-corrected chi connectivity index (χ2v) is 9.78. The minimum Gasteiger partial charge on any atom is -0.467 e. The number of carbonyl (C=O) groups excluding carboxylic acids is 1. The van der Waals surface area contributed by atoms with Crippen LogP contribution in [0.15, 0.2) is 36.5 Å². The summed E-state index contributed by atoms with van der Waals surface area (Å²) < 4.78 is 61.8. The summed E-state index contributed by atoms with van der Waals surface area (Å²) in [7, 11) is 1.37. The largest absolute Gasteiger partial charge is 0.467 e. The number of amides is 1. The molecule has 3 aromatic rings. The van der Waals surface area contributed by atoms with Crippen LogP contribution in [0.25, 0.3) is 22.2 Å². The van der Waals surface area contributed by atoms with Gasteiger partial charge in [-0.1, -0.05) is 0 Å². The maximum atomic E-state index is 13.3. The van der Waals surface area contributed by atoms with E-state index in [4.69, 9.17) is 18.9 Å². The highest BCUT2D eigenvalue weighted by Crippen LogP contribution is 2.38. The zero-order valence-electron chi connectivity index (χ0n) is 21.5. The van der Waals surface area contributed by atoms with Crippen LogP contribution in [0, 0.1) is 0 Å². The minimum absolute atomic E-state index is 0.0440. The molecule has 1 aliphatic heterocycles. The van der Waals surface area contributed by atoms with E-state index in [1.165, 1.54) is 13.2 Å². The Bertz CT molecular complexity index is 1300. The summed E-state index contributed by atoms with van der Waals surface area (Å²) in [6.45, 7) is 6.23. The average molecular weight is 535 g/mol. The van der Waals surface area contributed by atoms with Gasteiger partial charge in [0.25, 0.3) is 0 Å². The van der Waals surface area contributed by atoms with Gasteiger partial charge < -0.3 is 23.8 Å². The molecule has 1 aliphatic rings. The third-order valence-electron chi connectivity index (χ3n) is 5.71. The third kappa shape index (κ3) is 6.48. The Labute approximate surface area is 217 Å². The van der Waals surface area contributed by atoms with Gasteiger partial charge in [0.2, 0.25) is 0 Å². The van der Waals surface area contributed by atoms with Crippen LogP contribution in [-0.2, 0) is 26.8 Å². The van der Waals surface area contributed by atoms with Gasteiger partial charge in [-0.05, 0) is 51.1 Å². The first-order chi connectivity index (χ1) is 18.0. The van der Waals surface area contributed by atoms with Gasteiger partial charge in [-0.2, -0.15) is 18.3 Å². The lowest BCUT2D eigenvalue weighted by Crippen LogP contribution is -2.48. The Kier molecular flexibility index (Phi) is 8.02. The molecule has 1 atom stereocenters. The maximum Gasteiger partial charge on any atom is 0.416 e. The Morgan fingerprint density at radius 1 is 1.18 bits per heavy atom. The molecule has 1 amide bonds. The number of methoxy groups -OCH3 is 1. The molecule has 1 unspecified atom stereocenters. The number of hydrogen-bond donors (Lipinski definition) is 0. The van der Waals surface area contributed by atoms with Crippen LogP contribution in [0.5, 0.6) is 5.75 Å². The van der Waals surface area contributed by atoms with Crippen LogP contribution in [-0.4, -0.2) is 71.5 Å². The van der Waals surface area contributed by atoms with E-state index in [0.29, 0.717) is 54.0 Å². The second kappa shape index (κ2) is 11.1. The number of halogens is 3. The van der Waals surface area contributed by atoms with E-state index in [2.05, 4.69) is 15.2 Å². The standard InChI is InChI=1S/C26H29F3N4O5/c1-25(2,3)38-24(34)33-10-11-36-17(14-33)13-20-23-19(6-5-9-30-23)22(32-31-20)18-8-7-16(26(27,28)29)12-21(18)37-15-35-4/h5-9,12,17H,10-11,13-15H2,1-4H3. The van der Waals surface area contributed by atoms with Gasteiger partial charge in [-0.3, -0.25) is 4.98 Å². The number of hydrogen-bond acceptors (Lipinski definition) is 8. The van der Waals surface area contributed by atoms with E-state index in [0.717, 1.165) is 12.1 Å². The number of benzene rings is 1. The summed E-state index contributed by atoms with van der Waals surface area (Å²) in [5.74, 6) is -0.0440. The maximum absolute atomic E-state index is 13.3. The van der Waals surface area contributed by atoms with E-state index in [1.54, 1.807) is 44.0 Å². The van der Waals surface area contributed by atoms with Crippen LogP contribution < -0.4 is 4.74 Å². The normalized spacial score (nSPS) is 16.5. The van der Waals surface area contributed by atoms with Gasteiger partial charge in [-0.15, -0.1) is 5.10 Å². The molecular formula is C26H29F3N4O5. The Hall–Kier alpha value is -3.51. The fraction of sp³-hybridized carbons (Fsp3) is 0.462. The highest BCUT2D eigenvalue weighted by Gasteiger charge is 2.32. The summed E-state index contributed by atoms with van der Waals surface area (Å²) >= 11 is 0. The minimum atomic E-state index is -4.55. The van der Waals surface area contributed by atoms with Crippen molar-refractivity contribution in [1.82, 2.24) is 20.1 Å². The van der Waals surface area contributed by atoms with E-state index >= 15 is 0 Å². The van der Waals surface area contributed by atoms with Gasteiger partial charge in [0.1, 0.15) is 17.0 Å². The number of morpholine rings is 1. The van der Waals surface area contributed by atoms with Crippen LogP contribution >= 0.6 is 0 Å². The Morgan fingerprint density at radius 3 is 2.68 bits per heavy atom. The number of carbonyl (C=O) groups is 1. The highest BCUT2D eigenvalue weighted by molar-refractivity contribution is 5.94. The van der Waals surface area contributed by atoms with Crippen molar-refractivity contribution >= 4 is 17.0 Å². The van der Waals surface area contributed by atoms with Crippen molar-refractivity contribution in [1.29, 1.82) is 0 Å². The zero-order chi connectivity index (χ0) is 27.5. The van der Waals surface area contributed by atoms with E-state index in [9.17, 15) is 18.0 Å². The van der Waals surface area contributed by atoms with Crippen LogP contribution in [0.3, 0.4) is 0 Å². The van der Waals surface area contributed by atoms with Crippen molar-refractivity contribution in [2.24, 2.45) is 0 Å². The van der Waals surface area contributed by atoms with Crippen LogP contribution in [0.1, 0.15) is 32.0 Å². The molecule has 204 valence electrons. The molecule has 1 aromatic carbocycles. The SMILES string of the molecule is COCOc1cc(C(F)(F)F)ccc1-c1nnc(CC2CN(C(=O)OC(C)(C)C)CCO2)c2ncccc12. The predicted octanol–water partition coefficient (Wildman–Crippen LogP) is 4.87. The monoisotopic (exact) mass is 534 g/mol. The summed E-state index contributed by atoms with van der Waals surface area (Å²) in [4.78, 5) is 18.6. The summed E-state index contributed by atoms with van der Waals surface area (Å²) in [5.41, 5.74) is 0.216. The molecule has 0 bridgehead atoms. The molecule has 0 N–H and O–H groups in total. The van der Waals surface area contributed by atoms with Gasteiger partial charge >= 0.3 is 12.3 Å². The number of aromatic nitrogens is 3. The second-order valence-electron chi connectivity index (χ2n) is 9.78. The van der Waals surface area contributed by atoms with Gasteiger partial charge in [0, 0.05) is 37.2 Å². The topological polar surface area (TPSA) is 95.9 Å². The van der Waals surface area contributed by atoms with Gasteiger partial charge in [-0.25, -0.2) is 4.79 Å². The zero-order valence-corrected chi connectivity index (χ0v) is 21.5.